The molecule has 0 spiro atoms. The molecule has 0 bridgehead atoms. The average Bonchev–Trinajstić information content (AvgIpc) is 2.37. The maximum Gasteiger partial charge on any atom is 0.376 e. The molecule has 0 amide bonds. The van der Waals surface area contributed by atoms with Crippen molar-refractivity contribution in [2.45, 2.75) is 66.3 Å². The largest absolute Gasteiger partial charge is 0.457 e. The van der Waals surface area contributed by atoms with Crippen LogP contribution in [0.5, 0.6) is 0 Å². The van der Waals surface area contributed by atoms with Crippen LogP contribution >= 0.6 is 0 Å². The fourth-order valence-electron chi connectivity index (χ4n) is 2.91. The highest BCUT2D eigenvalue weighted by Crippen LogP contribution is 2.35. The molecule has 0 aromatic carbocycles. The van der Waals surface area contributed by atoms with Crippen LogP contribution in [0.15, 0.2) is 0 Å². The van der Waals surface area contributed by atoms with E-state index in [-0.39, 0.29) is 12.7 Å². The van der Waals surface area contributed by atoms with E-state index in [2.05, 4.69) is 20.8 Å². The van der Waals surface area contributed by atoms with Crippen LogP contribution in [-0.2, 0) is 23.8 Å². The molecule has 5 nitrogen and oxygen atoms in total. The van der Waals surface area contributed by atoms with E-state index in [9.17, 15) is 9.59 Å². The lowest BCUT2D eigenvalue weighted by Gasteiger charge is -2.37. The first kappa shape index (κ1) is 18.0. The molecule has 0 aromatic heterocycles. The minimum Gasteiger partial charge on any atom is -0.457 e. The quantitative estimate of drug-likeness (QED) is 0.557. The Bertz CT molecular complexity index is 353. The summed E-state index contributed by atoms with van der Waals surface area (Å²) in [5.41, 5.74) is 0. The molecule has 0 aromatic rings. The number of hydrogen-bond acceptors (Lipinski definition) is 5. The first-order valence-electron chi connectivity index (χ1n) is 7.84. The maximum atomic E-state index is 12.2. The zero-order chi connectivity index (χ0) is 16.0. The Labute approximate surface area is 127 Å². The molecule has 1 saturated carbocycles. The van der Waals surface area contributed by atoms with Gasteiger partial charge in [0.15, 0.2) is 0 Å². The summed E-state index contributed by atoms with van der Waals surface area (Å²) in [5.74, 6) is 0.191. The van der Waals surface area contributed by atoms with Gasteiger partial charge in [0.1, 0.15) is 6.10 Å². The van der Waals surface area contributed by atoms with Gasteiger partial charge in [0.05, 0.1) is 0 Å². The van der Waals surface area contributed by atoms with E-state index in [1.165, 1.54) is 6.92 Å². The van der Waals surface area contributed by atoms with Crippen molar-refractivity contribution in [3.05, 3.63) is 0 Å². The van der Waals surface area contributed by atoms with Gasteiger partial charge in [-0.15, -0.1) is 0 Å². The van der Waals surface area contributed by atoms with Crippen molar-refractivity contribution in [3.63, 3.8) is 0 Å². The minimum atomic E-state index is -1.25. The standard InChI is InChI=1S/C16H28O5/c1-6-19-16(20-12(5)17)15(18)21-14-9-11(4)7-8-13(14)10(2)3/h10-11,13-14,16H,6-9H2,1-5H3/t11-,13+,14-,16?/m1/s1. The summed E-state index contributed by atoms with van der Waals surface area (Å²) in [6.07, 6.45) is 1.70. The van der Waals surface area contributed by atoms with Gasteiger partial charge < -0.3 is 14.2 Å². The van der Waals surface area contributed by atoms with E-state index in [0.717, 1.165) is 19.3 Å². The minimum absolute atomic E-state index is 0.125. The molecule has 1 aliphatic carbocycles. The van der Waals surface area contributed by atoms with Crippen molar-refractivity contribution in [2.75, 3.05) is 6.61 Å². The van der Waals surface area contributed by atoms with E-state index in [4.69, 9.17) is 14.2 Å². The highest BCUT2D eigenvalue weighted by atomic mass is 16.7. The van der Waals surface area contributed by atoms with Crippen LogP contribution in [0, 0.1) is 17.8 Å². The fraction of sp³-hybridized carbons (Fsp3) is 0.875. The SMILES string of the molecule is CCOC(OC(C)=O)C(=O)O[C@@H]1C[C@H](C)CC[C@H]1C(C)C. The Hall–Kier alpha value is -1.10. The monoisotopic (exact) mass is 300 g/mol. The summed E-state index contributed by atoms with van der Waals surface area (Å²) >= 11 is 0. The van der Waals surface area contributed by atoms with Gasteiger partial charge in [-0.05, 0) is 37.5 Å². The highest BCUT2D eigenvalue weighted by Gasteiger charge is 2.35. The maximum absolute atomic E-state index is 12.2. The number of carbonyl (C=O) groups is 2. The second-order valence-corrected chi connectivity index (χ2v) is 6.20. The number of ether oxygens (including phenoxy) is 3. The summed E-state index contributed by atoms with van der Waals surface area (Å²) in [6, 6.07) is 0. The molecule has 0 N–H and O–H groups in total. The predicted octanol–water partition coefficient (Wildman–Crippen LogP) is 2.92. The van der Waals surface area contributed by atoms with Gasteiger partial charge in [-0.25, -0.2) is 4.79 Å². The molecule has 122 valence electrons. The van der Waals surface area contributed by atoms with E-state index in [1.807, 2.05) is 0 Å². The smallest absolute Gasteiger partial charge is 0.376 e. The number of carbonyl (C=O) groups excluding carboxylic acids is 2. The molecule has 0 saturated heterocycles. The molecule has 4 atom stereocenters. The van der Waals surface area contributed by atoms with E-state index in [1.54, 1.807) is 6.92 Å². The summed E-state index contributed by atoms with van der Waals surface area (Å²) in [7, 11) is 0. The van der Waals surface area contributed by atoms with Gasteiger partial charge in [0.25, 0.3) is 0 Å². The Balaban J connectivity index is 2.69. The van der Waals surface area contributed by atoms with E-state index in [0.29, 0.717) is 17.8 Å². The molecule has 1 rings (SSSR count). The van der Waals surface area contributed by atoms with Gasteiger partial charge in [-0.2, -0.15) is 0 Å². The lowest BCUT2D eigenvalue weighted by Crippen LogP contribution is -2.40. The normalized spacial score (nSPS) is 27.2. The van der Waals surface area contributed by atoms with Crippen molar-refractivity contribution >= 4 is 11.9 Å². The van der Waals surface area contributed by atoms with Crippen LogP contribution in [0.3, 0.4) is 0 Å². The second kappa shape index (κ2) is 8.37. The lowest BCUT2D eigenvalue weighted by atomic mass is 9.75. The van der Waals surface area contributed by atoms with Crippen LogP contribution < -0.4 is 0 Å². The van der Waals surface area contributed by atoms with E-state index < -0.39 is 18.2 Å². The third-order valence-electron chi connectivity index (χ3n) is 4.01. The molecule has 0 radical (unpaired) electrons. The third-order valence-corrected chi connectivity index (χ3v) is 4.01. The molecule has 1 unspecified atom stereocenters. The van der Waals surface area contributed by atoms with Gasteiger partial charge in [-0.1, -0.05) is 27.2 Å². The zero-order valence-electron chi connectivity index (χ0n) is 13.8. The molecule has 21 heavy (non-hydrogen) atoms. The number of rotatable bonds is 6. The molecular weight excluding hydrogens is 272 g/mol. The Morgan fingerprint density at radius 3 is 2.43 bits per heavy atom. The van der Waals surface area contributed by atoms with Crippen molar-refractivity contribution in [2.24, 2.45) is 17.8 Å². The Morgan fingerprint density at radius 1 is 1.24 bits per heavy atom. The summed E-state index contributed by atoms with van der Waals surface area (Å²) < 4.78 is 15.7. The average molecular weight is 300 g/mol. The van der Waals surface area contributed by atoms with Crippen molar-refractivity contribution in [1.82, 2.24) is 0 Å². The van der Waals surface area contributed by atoms with Gasteiger partial charge in [0, 0.05) is 13.5 Å². The van der Waals surface area contributed by atoms with Crippen LogP contribution in [0.2, 0.25) is 0 Å². The Kier molecular flexibility index (Phi) is 7.15. The first-order chi connectivity index (χ1) is 9.85. The van der Waals surface area contributed by atoms with Crippen LogP contribution in [0.4, 0.5) is 0 Å². The van der Waals surface area contributed by atoms with Gasteiger partial charge in [-0.3, -0.25) is 4.79 Å². The summed E-state index contributed by atoms with van der Waals surface area (Å²) in [5, 5.41) is 0. The predicted molar refractivity (Wildman–Crippen MR) is 78.4 cm³/mol. The molecule has 1 fully saturated rings. The second-order valence-electron chi connectivity index (χ2n) is 6.20. The summed E-state index contributed by atoms with van der Waals surface area (Å²) in [4.78, 5) is 23.2. The molecule has 0 aliphatic heterocycles. The molecule has 0 heterocycles. The first-order valence-corrected chi connectivity index (χ1v) is 7.84. The molecule has 1 aliphatic rings. The number of esters is 2. The molecule has 5 heteroatoms. The van der Waals surface area contributed by atoms with Crippen molar-refractivity contribution in [3.8, 4) is 0 Å². The van der Waals surface area contributed by atoms with E-state index >= 15 is 0 Å². The van der Waals surface area contributed by atoms with Crippen molar-refractivity contribution < 1.29 is 23.8 Å². The third kappa shape index (κ3) is 5.65. The van der Waals surface area contributed by atoms with Gasteiger partial charge in [0.2, 0.25) is 0 Å². The Morgan fingerprint density at radius 2 is 1.90 bits per heavy atom. The topological polar surface area (TPSA) is 61.8 Å². The number of hydrogen-bond donors (Lipinski definition) is 0. The lowest BCUT2D eigenvalue weighted by molar-refractivity contribution is -0.206. The van der Waals surface area contributed by atoms with Crippen LogP contribution in [-0.4, -0.2) is 30.9 Å². The highest BCUT2D eigenvalue weighted by molar-refractivity contribution is 5.77. The zero-order valence-corrected chi connectivity index (χ0v) is 13.8. The summed E-state index contributed by atoms with van der Waals surface area (Å²) in [6.45, 7) is 9.73. The fourth-order valence-corrected chi connectivity index (χ4v) is 2.91. The molecular formula is C16H28O5. The van der Waals surface area contributed by atoms with Crippen LogP contribution in [0.1, 0.15) is 53.9 Å². The van der Waals surface area contributed by atoms with Gasteiger partial charge >= 0.3 is 18.2 Å². The van der Waals surface area contributed by atoms with Crippen LogP contribution in [0.25, 0.3) is 0 Å². The van der Waals surface area contributed by atoms with Crippen molar-refractivity contribution in [1.29, 1.82) is 0 Å².